The third-order valence-corrected chi connectivity index (χ3v) is 18.3. The highest BCUT2D eigenvalue weighted by Gasteiger charge is 2.52. The monoisotopic (exact) mass is 748 g/mol. The van der Waals surface area contributed by atoms with Gasteiger partial charge in [0.2, 0.25) is 0 Å². The Balaban J connectivity index is 1.14. The van der Waals surface area contributed by atoms with Crippen molar-refractivity contribution in [1.29, 1.82) is 10.5 Å². The number of hydrogen-bond donors (Lipinski definition) is 0. The average Bonchev–Trinajstić information content (AvgIpc) is 4.02. The standard InChI is InChI=1S/C44H36N4S4/c1-47-31(23-45)25-11-9-13-27(19-25)33-21-29-37(49-33)39-35(43(29)15-5-3-6-16-43)41-42(51-39)36-40(52-41)38-30(44(36)17-7-4-8-18-44)22-34(50-38)28-14-10-12-26(20-28)32(24-46)48-2/h19-22H,3-18H2/b31-25-,32-26+. The van der Waals surface area contributed by atoms with Gasteiger partial charge in [0.25, 0.3) is 11.4 Å². The van der Waals surface area contributed by atoms with Gasteiger partial charge in [-0.1, -0.05) is 50.7 Å². The van der Waals surface area contributed by atoms with Crippen LogP contribution in [0.4, 0.5) is 0 Å². The van der Waals surface area contributed by atoms with Crippen LogP contribution in [0.5, 0.6) is 0 Å². The van der Waals surface area contributed by atoms with E-state index in [9.17, 15) is 10.5 Å². The number of nitrogens with zero attached hydrogens (tertiary/aromatic N) is 4. The van der Waals surface area contributed by atoms with Gasteiger partial charge >= 0.3 is 0 Å². The van der Waals surface area contributed by atoms with Gasteiger partial charge in [0, 0.05) is 41.5 Å². The summed E-state index contributed by atoms with van der Waals surface area (Å²) in [6.07, 6.45) is 22.6. The lowest BCUT2D eigenvalue weighted by Crippen LogP contribution is -2.28. The second-order valence-electron chi connectivity index (χ2n) is 15.5. The van der Waals surface area contributed by atoms with Crippen LogP contribution in [-0.4, -0.2) is 0 Å². The minimum absolute atomic E-state index is 0.0803. The molecule has 4 aromatic heterocycles. The summed E-state index contributed by atoms with van der Waals surface area (Å²) in [7, 11) is 0. The van der Waals surface area contributed by atoms with Crippen molar-refractivity contribution < 1.29 is 0 Å². The van der Waals surface area contributed by atoms with E-state index in [-0.39, 0.29) is 22.2 Å². The molecule has 0 aromatic carbocycles. The second kappa shape index (κ2) is 12.3. The van der Waals surface area contributed by atoms with Crippen LogP contribution in [0.2, 0.25) is 0 Å². The molecule has 0 unspecified atom stereocenters. The molecule has 0 aliphatic heterocycles. The van der Waals surface area contributed by atoms with E-state index in [0.29, 0.717) is 0 Å². The smallest absolute Gasteiger partial charge is 0.226 e. The van der Waals surface area contributed by atoms with Crippen molar-refractivity contribution in [3.8, 4) is 31.6 Å². The van der Waals surface area contributed by atoms with Crippen LogP contribution in [0, 0.1) is 35.8 Å². The molecule has 0 saturated heterocycles. The van der Waals surface area contributed by atoms with E-state index in [1.807, 2.05) is 22.7 Å². The molecule has 0 N–H and O–H groups in total. The van der Waals surface area contributed by atoms with Crippen molar-refractivity contribution >= 4 is 65.9 Å². The molecule has 10 rings (SSSR count). The molecule has 0 bridgehead atoms. The van der Waals surface area contributed by atoms with Crippen LogP contribution < -0.4 is 0 Å². The van der Waals surface area contributed by atoms with Gasteiger partial charge in [-0.15, -0.1) is 45.3 Å². The Morgan fingerprint density at radius 3 is 1.37 bits per heavy atom. The lowest BCUT2D eigenvalue weighted by molar-refractivity contribution is 0.354. The van der Waals surface area contributed by atoms with E-state index in [1.54, 1.807) is 31.7 Å². The summed E-state index contributed by atoms with van der Waals surface area (Å²) < 4.78 is 3.14. The van der Waals surface area contributed by atoms with Crippen molar-refractivity contribution in [3.63, 3.8) is 0 Å². The van der Waals surface area contributed by atoms with Gasteiger partial charge in [0.05, 0.1) is 44.4 Å². The Morgan fingerprint density at radius 2 is 0.981 bits per heavy atom. The van der Waals surface area contributed by atoms with E-state index in [4.69, 9.17) is 13.1 Å². The first-order valence-corrected chi connectivity index (χ1v) is 22.1. The van der Waals surface area contributed by atoms with Gasteiger partial charge in [-0.3, -0.25) is 0 Å². The molecule has 4 nitrogen and oxygen atoms in total. The fourth-order valence-electron chi connectivity index (χ4n) is 10.6. The minimum atomic E-state index is 0.0803. The summed E-state index contributed by atoms with van der Waals surface area (Å²) in [6, 6.07) is 9.35. The summed E-state index contributed by atoms with van der Waals surface area (Å²) in [5.41, 5.74) is 11.5. The van der Waals surface area contributed by atoms with Crippen LogP contribution in [0.25, 0.3) is 49.7 Å². The van der Waals surface area contributed by atoms with E-state index in [0.717, 1.165) is 49.7 Å². The first-order valence-electron chi connectivity index (χ1n) is 18.9. The third kappa shape index (κ3) is 4.49. The quantitative estimate of drug-likeness (QED) is 0.151. The van der Waals surface area contributed by atoms with Gasteiger partial charge in [-0.25, -0.2) is 20.2 Å². The zero-order valence-corrected chi connectivity index (χ0v) is 32.3. The molecule has 6 aliphatic rings. The molecule has 2 spiro atoms. The van der Waals surface area contributed by atoms with Crippen molar-refractivity contribution in [2.45, 2.75) is 114 Å². The average molecular weight is 749 g/mol. The molecule has 0 atom stereocenters. The Morgan fingerprint density at radius 1 is 0.558 bits per heavy atom. The topological polar surface area (TPSA) is 56.3 Å². The summed E-state index contributed by atoms with van der Waals surface area (Å²) in [5, 5.41) is 19.2. The summed E-state index contributed by atoms with van der Waals surface area (Å²) in [4.78, 5) is 15.8. The molecule has 256 valence electrons. The van der Waals surface area contributed by atoms with Crippen molar-refractivity contribution in [2.75, 3.05) is 0 Å². The maximum absolute atomic E-state index is 9.61. The highest BCUT2D eigenvalue weighted by molar-refractivity contribution is 7.34. The Bertz CT molecular complexity index is 2320. The zero-order chi connectivity index (χ0) is 35.2. The molecule has 6 aliphatic carbocycles. The number of nitriles is 2. The minimum Gasteiger partial charge on any atom is -0.226 e. The first-order chi connectivity index (χ1) is 25.5. The Hall–Kier alpha value is -4.02. The molecule has 4 heterocycles. The fraction of sp³-hybridized carbons (Fsp3) is 0.409. The number of rotatable bonds is 2. The zero-order valence-electron chi connectivity index (χ0n) is 29.0. The molecular formula is C44H36N4S4. The van der Waals surface area contributed by atoms with Gasteiger partial charge in [0.1, 0.15) is 0 Å². The van der Waals surface area contributed by atoms with Gasteiger partial charge < -0.3 is 0 Å². The van der Waals surface area contributed by atoms with E-state index < -0.39 is 0 Å². The SMILES string of the molecule is [C-]#[N+]/C(C#N)=C1\C=C(c2cc3c(s2)-c2sc4c5c(sc4c2C32CCCCC2)-c2sc(C3=C/C(=C(\C#N)[N+]#[C-])CCC3)cc2C52CCCCC2)CCC1. The molecule has 0 amide bonds. The summed E-state index contributed by atoms with van der Waals surface area (Å²) in [6.45, 7) is 15.1. The highest BCUT2D eigenvalue weighted by atomic mass is 32.1. The Kier molecular flexibility index (Phi) is 7.69. The molecule has 4 aromatic rings. The molecule has 2 saturated carbocycles. The molecule has 0 radical (unpaired) electrons. The van der Waals surface area contributed by atoms with Gasteiger partial charge in [0.15, 0.2) is 0 Å². The fourth-order valence-corrected chi connectivity index (χ4v) is 16.8. The van der Waals surface area contributed by atoms with Crippen LogP contribution in [0.15, 0.2) is 46.8 Å². The molecule has 52 heavy (non-hydrogen) atoms. The van der Waals surface area contributed by atoms with Crippen molar-refractivity contribution in [2.24, 2.45) is 0 Å². The van der Waals surface area contributed by atoms with Gasteiger partial charge in [-0.05, 0) is 110 Å². The van der Waals surface area contributed by atoms with E-state index in [1.165, 1.54) is 105 Å². The van der Waals surface area contributed by atoms with Crippen LogP contribution in [0.3, 0.4) is 0 Å². The second-order valence-corrected chi connectivity index (χ2v) is 19.6. The number of thiophene rings is 4. The predicted octanol–water partition coefficient (Wildman–Crippen LogP) is 14.1. The first kappa shape index (κ1) is 32.6. The highest BCUT2D eigenvalue weighted by Crippen LogP contribution is 2.70. The normalized spacial score (nSPS) is 22.7. The van der Waals surface area contributed by atoms with Crippen LogP contribution in [0.1, 0.15) is 135 Å². The molecular weight excluding hydrogens is 713 g/mol. The van der Waals surface area contributed by atoms with Crippen LogP contribution >= 0.6 is 45.3 Å². The van der Waals surface area contributed by atoms with Crippen molar-refractivity contribution in [1.82, 2.24) is 0 Å². The largest absolute Gasteiger partial charge is 0.265 e. The third-order valence-electron chi connectivity index (χ3n) is 13.0. The number of fused-ring (bicyclic) bond motifs is 13. The van der Waals surface area contributed by atoms with Crippen molar-refractivity contribution in [3.05, 3.63) is 102 Å². The Labute approximate surface area is 321 Å². The maximum Gasteiger partial charge on any atom is 0.265 e. The van der Waals surface area contributed by atoms with E-state index >= 15 is 0 Å². The predicted molar refractivity (Wildman–Crippen MR) is 216 cm³/mol. The molecule has 2 fully saturated rings. The molecule has 8 heteroatoms. The summed E-state index contributed by atoms with van der Waals surface area (Å²) >= 11 is 8.16. The lowest BCUT2D eigenvalue weighted by atomic mass is 9.67. The maximum atomic E-state index is 9.61. The summed E-state index contributed by atoms with van der Waals surface area (Å²) in [5.74, 6) is 0. The number of hydrogen-bond acceptors (Lipinski definition) is 6. The van der Waals surface area contributed by atoms with Crippen LogP contribution in [-0.2, 0) is 10.8 Å². The van der Waals surface area contributed by atoms with Gasteiger partial charge in [-0.2, -0.15) is 0 Å². The number of allylic oxidation sites excluding steroid dienone is 8. The lowest BCUT2D eigenvalue weighted by Gasteiger charge is -2.35. The van der Waals surface area contributed by atoms with E-state index in [2.05, 4.69) is 68.8 Å².